The minimum atomic E-state index is -0.0197. The Kier molecular flexibility index (Phi) is 1.08. The van der Waals surface area contributed by atoms with Crippen LogP contribution in [-0.4, -0.2) is 35.7 Å². The van der Waals surface area contributed by atoms with Crippen molar-refractivity contribution in [3.8, 4) is 0 Å². The maximum atomic E-state index is 9.35. The largest absolute Gasteiger partial charge is 0.391 e. The highest BCUT2D eigenvalue weighted by molar-refractivity contribution is 4.96. The van der Waals surface area contributed by atoms with Gasteiger partial charge in [-0.05, 0) is 25.8 Å². The lowest BCUT2D eigenvalue weighted by molar-refractivity contribution is 0.0714. The van der Waals surface area contributed by atoms with Gasteiger partial charge in [0.15, 0.2) is 0 Å². The standard InChI is InChI=1S/C7H13NO/c1-8-4-5-2-6(8)7(9)3-5/h5-7,9H,2-4H2,1H3/t5-,6+,7-/m1/s1. The van der Waals surface area contributed by atoms with Crippen LogP contribution in [-0.2, 0) is 0 Å². The molecule has 1 aliphatic heterocycles. The van der Waals surface area contributed by atoms with Gasteiger partial charge >= 0.3 is 0 Å². The molecule has 1 aliphatic carbocycles. The van der Waals surface area contributed by atoms with Crippen LogP contribution >= 0.6 is 0 Å². The summed E-state index contributed by atoms with van der Waals surface area (Å²) in [7, 11) is 2.10. The number of nitrogens with zero attached hydrogens (tertiary/aromatic N) is 1. The summed E-state index contributed by atoms with van der Waals surface area (Å²) in [6, 6.07) is 0.495. The molecule has 0 spiro atoms. The fourth-order valence-corrected chi connectivity index (χ4v) is 2.26. The van der Waals surface area contributed by atoms with Crippen LogP contribution in [0.4, 0.5) is 0 Å². The summed E-state index contributed by atoms with van der Waals surface area (Å²) in [5, 5.41) is 9.35. The third kappa shape index (κ3) is 0.700. The van der Waals surface area contributed by atoms with E-state index in [9.17, 15) is 5.11 Å². The molecular weight excluding hydrogens is 114 g/mol. The van der Waals surface area contributed by atoms with Gasteiger partial charge in [0.1, 0.15) is 0 Å². The highest BCUT2D eigenvalue weighted by Gasteiger charge is 2.41. The van der Waals surface area contributed by atoms with Crippen molar-refractivity contribution in [1.82, 2.24) is 4.90 Å². The van der Waals surface area contributed by atoms with Crippen LogP contribution in [0, 0.1) is 5.92 Å². The Morgan fingerprint density at radius 1 is 1.44 bits per heavy atom. The molecule has 52 valence electrons. The number of hydrogen-bond acceptors (Lipinski definition) is 2. The molecule has 0 aromatic carbocycles. The van der Waals surface area contributed by atoms with E-state index in [1.807, 2.05) is 0 Å². The van der Waals surface area contributed by atoms with Crippen molar-refractivity contribution in [2.45, 2.75) is 25.0 Å². The molecule has 2 nitrogen and oxygen atoms in total. The normalized spacial score (nSPS) is 50.7. The summed E-state index contributed by atoms with van der Waals surface area (Å²) in [6.45, 7) is 1.21. The van der Waals surface area contributed by atoms with Gasteiger partial charge in [0.25, 0.3) is 0 Å². The SMILES string of the molecule is CN1C[C@H]2C[C@@H](O)[C@@H]1C2. The quantitative estimate of drug-likeness (QED) is 0.498. The first-order chi connectivity index (χ1) is 4.27. The van der Waals surface area contributed by atoms with E-state index in [1.54, 1.807) is 0 Å². The average molecular weight is 127 g/mol. The number of hydrogen-bond donors (Lipinski definition) is 1. The molecule has 0 aromatic rings. The number of rotatable bonds is 0. The molecule has 1 heterocycles. The second kappa shape index (κ2) is 1.70. The average Bonchev–Trinajstić information content (AvgIpc) is 2.22. The lowest BCUT2D eigenvalue weighted by Crippen LogP contribution is -2.37. The van der Waals surface area contributed by atoms with Crippen molar-refractivity contribution >= 4 is 0 Å². The van der Waals surface area contributed by atoms with Gasteiger partial charge in [-0.1, -0.05) is 0 Å². The summed E-state index contributed by atoms with van der Waals surface area (Å²) >= 11 is 0. The molecule has 0 amide bonds. The fraction of sp³-hybridized carbons (Fsp3) is 1.00. The van der Waals surface area contributed by atoms with Gasteiger partial charge in [0.2, 0.25) is 0 Å². The number of likely N-dealkylation sites (N-methyl/N-ethyl adjacent to an activating group) is 1. The zero-order valence-corrected chi connectivity index (χ0v) is 5.75. The molecule has 2 aliphatic rings. The topological polar surface area (TPSA) is 23.5 Å². The number of aliphatic hydroxyl groups excluding tert-OH is 1. The van der Waals surface area contributed by atoms with Crippen molar-refractivity contribution in [3.63, 3.8) is 0 Å². The van der Waals surface area contributed by atoms with Crippen molar-refractivity contribution < 1.29 is 5.11 Å². The molecule has 0 radical (unpaired) electrons. The summed E-state index contributed by atoms with van der Waals surface area (Å²) < 4.78 is 0. The Balaban J connectivity index is 2.13. The number of likely N-dealkylation sites (tertiary alicyclic amines) is 1. The number of fused-ring (bicyclic) bond motifs is 2. The van der Waals surface area contributed by atoms with Gasteiger partial charge in [-0.3, -0.25) is 0 Å². The second-order valence-corrected chi connectivity index (χ2v) is 3.41. The van der Waals surface area contributed by atoms with Crippen LogP contribution in [0.5, 0.6) is 0 Å². The Morgan fingerprint density at radius 3 is 2.56 bits per heavy atom. The summed E-state index contributed by atoms with van der Waals surface area (Å²) in [6.07, 6.45) is 2.26. The van der Waals surface area contributed by atoms with Gasteiger partial charge < -0.3 is 10.0 Å². The molecule has 9 heavy (non-hydrogen) atoms. The van der Waals surface area contributed by atoms with Crippen molar-refractivity contribution in [1.29, 1.82) is 0 Å². The smallest absolute Gasteiger partial charge is 0.0698 e. The molecule has 1 saturated carbocycles. The molecule has 2 bridgehead atoms. The lowest BCUT2D eigenvalue weighted by atomic mass is 10.1. The van der Waals surface area contributed by atoms with Crippen LogP contribution < -0.4 is 0 Å². The Hall–Kier alpha value is -0.0800. The predicted octanol–water partition coefficient (Wildman–Crippen LogP) is 0.0713. The van der Waals surface area contributed by atoms with Gasteiger partial charge in [0.05, 0.1) is 6.10 Å². The number of aliphatic hydroxyl groups is 1. The summed E-state index contributed by atoms with van der Waals surface area (Å²) in [5.74, 6) is 0.801. The van der Waals surface area contributed by atoms with Gasteiger partial charge in [-0.25, -0.2) is 0 Å². The first-order valence-corrected chi connectivity index (χ1v) is 3.65. The van der Waals surface area contributed by atoms with Gasteiger partial charge in [-0.15, -0.1) is 0 Å². The summed E-state index contributed by atoms with van der Waals surface area (Å²) in [5.41, 5.74) is 0. The molecule has 3 atom stereocenters. The third-order valence-electron chi connectivity index (χ3n) is 2.71. The van der Waals surface area contributed by atoms with E-state index in [2.05, 4.69) is 11.9 Å². The first kappa shape index (κ1) is 5.69. The third-order valence-corrected chi connectivity index (χ3v) is 2.71. The Morgan fingerprint density at radius 2 is 2.22 bits per heavy atom. The van der Waals surface area contributed by atoms with Crippen LogP contribution in [0.15, 0.2) is 0 Å². The fourth-order valence-electron chi connectivity index (χ4n) is 2.26. The van der Waals surface area contributed by atoms with Crippen LogP contribution in [0.25, 0.3) is 0 Å². The van der Waals surface area contributed by atoms with Crippen molar-refractivity contribution in [2.24, 2.45) is 5.92 Å². The minimum absolute atomic E-state index is 0.0197. The molecule has 1 N–H and O–H groups in total. The van der Waals surface area contributed by atoms with Gasteiger partial charge in [0, 0.05) is 12.6 Å². The highest BCUT2D eigenvalue weighted by atomic mass is 16.3. The molecule has 2 fully saturated rings. The molecule has 0 unspecified atom stereocenters. The lowest BCUT2D eigenvalue weighted by Gasteiger charge is -2.25. The highest BCUT2D eigenvalue weighted by Crippen LogP contribution is 2.36. The Bertz CT molecular complexity index is 114. The predicted molar refractivity (Wildman–Crippen MR) is 35.1 cm³/mol. The molecule has 2 rings (SSSR count). The van der Waals surface area contributed by atoms with E-state index in [-0.39, 0.29) is 6.10 Å². The molecule has 2 heteroatoms. The maximum Gasteiger partial charge on any atom is 0.0698 e. The van der Waals surface area contributed by atoms with E-state index >= 15 is 0 Å². The zero-order chi connectivity index (χ0) is 6.43. The van der Waals surface area contributed by atoms with Crippen molar-refractivity contribution in [3.05, 3.63) is 0 Å². The molecule has 0 aromatic heterocycles. The van der Waals surface area contributed by atoms with E-state index in [1.165, 1.54) is 13.0 Å². The zero-order valence-electron chi connectivity index (χ0n) is 5.75. The van der Waals surface area contributed by atoms with Crippen LogP contribution in [0.3, 0.4) is 0 Å². The summed E-state index contributed by atoms with van der Waals surface area (Å²) in [4.78, 5) is 2.28. The van der Waals surface area contributed by atoms with E-state index in [0.717, 1.165) is 12.3 Å². The minimum Gasteiger partial charge on any atom is -0.391 e. The van der Waals surface area contributed by atoms with Gasteiger partial charge in [-0.2, -0.15) is 0 Å². The van der Waals surface area contributed by atoms with E-state index < -0.39 is 0 Å². The number of piperidine rings is 1. The molecular formula is C7H13NO. The first-order valence-electron chi connectivity index (χ1n) is 3.65. The Labute approximate surface area is 55.5 Å². The second-order valence-electron chi connectivity index (χ2n) is 3.41. The maximum absolute atomic E-state index is 9.35. The molecule has 1 saturated heterocycles. The van der Waals surface area contributed by atoms with Crippen LogP contribution in [0.1, 0.15) is 12.8 Å². The van der Waals surface area contributed by atoms with E-state index in [0.29, 0.717) is 6.04 Å². The van der Waals surface area contributed by atoms with Crippen molar-refractivity contribution in [2.75, 3.05) is 13.6 Å². The van der Waals surface area contributed by atoms with Crippen LogP contribution in [0.2, 0.25) is 0 Å². The monoisotopic (exact) mass is 127 g/mol. The van der Waals surface area contributed by atoms with E-state index in [4.69, 9.17) is 0 Å².